The molecule has 1 rings (SSSR count). The summed E-state index contributed by atoms with van der Waals surface area (Å²) in [5.74, 6) is 0.531. The highest BCUT2D eigenvalue weighted by Gasteiger charge is 2.05. The molecule has 1 N–H and O–H groups in total. The van der Waals surface area contributed by atoms with E-state index in [9.17, 15) is 4.79 Å². The van der Waals surface area contributed by atoms with Crippen LogP contribution in [-0.2, 0) is 0 Å². The summed E-state index contributed by atoms with van der Waals surface area (Å²) in [6.07, 6.45) is 1.55. The number of amides is 1. The van der Waals surface area contributed by atoms with E-state index in [1.807, 2.05) is 0 Å². The highest BCUT2D eigenvalue weighted by molar-refractivity contribution is 5.94. The molecule has 0 atom stereocenters. The van der Waals surface area contributed by atoms with Gasteiger partial charge in [0.15, 0.2) is 0 Å². The zero-order valence-corrected chi connectivity index (χ0v) is 10.3. The van der Waals surface area contributed by atoms with Crippen molar-refractivity contribution in [3.05, 3.63) is 40.3 Å². The lowest BCUT2D eigenvalue weighted by Gasteiger charge is -2.06. The van der Waals surface area contributed by atoms with Gasteiger partial charge in [-0.3, -0.25) is 4.79 Å². The van der Waals surface area contributed by atoms with Gasteiger partial charge in [0.05, 0.1) is 7.11 Å². The molecule has 0 aliphatic carbocycles. The van der Waals surface area contributed by atoms with Crippen LogP contribution in [0.5, 0.6) is 5.75 Å². The van der Waals surface area contributed by atoms with Crippen LogP contribution in [0.15, 0.2) is 29.4 Å². The fourth-order valence-electron chi connectivity index (χ4n) is 1.42. The highest BCUT2D eigenvalue weighted by Crippen LogP contribution is 2.12. The molecule has 0 saturated heterocycles. The molecule has 6 heteroatoms. The number of ether oxygens (including phenoxy) is 1. The van der Waals surface area contributed by atoms with Gasteiger partial charge >= 0.3 is 0 Å². The van der Waals surface area contributed by atoms with Crippen LogP contribution in [0.3, 0.4) is 0 Å². The standard InChI is InChI=1S/C12H16N4O2/c1-18-11-6-4-5-10(9-11)12(17)14-7-2-3-8-15-16-13/h4-6,9H,2-3,7-8H2,1H3,(H,14,17). The minimum atomic E-state index is -0.127. The molecule has 0 aliphatic heterocycles. The summed E-state index contributed by atoms with van der Waals surface area (Å²) < 4.78 is 5.05. The second-order valence-electron chi connectivity index (χ2n) is 3.65. The van der Waals surface area contributed by atoms with Crippen molar-refractivity contribution in [2.75, 3.05) is 20.2 Å². The molecule has 0 radical (unpaired) electrons. The van der Waals surface area contributed by atoms with Crippen LogP contribution in [0.4, 0.5) is 0 Å². The molecule has 0 saturated carbocycles. The first-order valence-electron chi connectivity index (χ1n) is 5.71. The van der Waals surface area contributed by atoms with E-state index in [0.717, 1.165) is 12.8 Å². The topological polar surface area (TPSA) is 87.1 Å². The number of unbranched alkanes of at least 4 members (excludes halogenated alkanes) is 1. The molecular weight excluding hydrogens is 232 g/mol. The van der Waals surface area contributed by atoms with Gasteiger partial charge in [-0.05, 0) is 36.6 Å². The summed E-state index contributed by atoms with van der Waals surface area (Å²) in [6, 6.07) is 6.99. The fraction of sp³-hybridized carbons (Fsp3) is 0.417. The van der Waals surface area contributed by atoms with Crippen LogP contribution in [0.25, 0.3) is 10.4 Å². The van der Waals surface area contributed by atoms with Gasteiger partial charge in [0.2, 0.25) is 0 Å². The predicted molar refractivity (Wildman–Crippen MR) is 68.6 cm³/mol. The van der Waals surface area contributed by atoms with Crippen LogP contribution in [-0.4, -0.2) is 26.1 Å². The smallest absolute Gasteiger partial charge is 0.251 e. The number of hydrogen-bond acceptors (Lipinski definition) is 3. The van der Waals surface area contributed by atoms with Crippen LogP contribution >= 0.6 is 0 Å². The van der Waals surface area contributed by atoms with Gasteiger partial charge < -0.3 is 10.1 Å². The van der Waals surface area contributed by atoms with Crippen LogP contribution in [0.2, 0.25) is 0 Å². The molecule has 0 spiro atoms. The number of nitrogens with one attached hydrogen (secondary N) is 1. The first-order chi connectivity index (χ1) is 8.77. The molecule has 0 heterocycles. The van der Waals surface area contributed by atoms with E-state index in [-0.39, 0.29) is 5.91 Å². The maximum absolute atomic E-state index is 11.8. The van der Waals surface area contributed by atoms with Crippen molar-refractivity contribution in [2.45, 2.75) is 12.8 Å². The van der Waals surface area contributed by atoms with Crippen molar-refractivity contribution in [3.63, 3.8) is 0 Å². The third-order valence-corrected chi connectivity index (χ3v) is 2.37. The number of hydrogen-bond donors (Lipinski definition) is 1. The van der Waals surface area contributed by atoms with Gasteiger partial charge in [-0.15, -0.1) is 0 Å². The molecule has 1 amide bonds. The number of benzene rings is 1. The Labute approximate surface area is 106 Å². The van der Waals surface area contributed by atoms with Gasteiger partial charge in [-0.1, -0.05) is 11.2 Å². The van der Waals surface area contributed by atoms with Crippen molar-refractivity contribution in [1.82, 2.24) is 5.32 Å². The lowest BCUT2D eigenvalue weighted by Crippen LogP contribution is -2.24. The van der Waals surface area contributed by atoms with Crippen LogP contribution < -0.4 is 10.1 Å². The Morgan fingerprint density at radius 1 is 1.50 bits per heavy atom. The summed E-state index contributed by atoms with van der Waals surface area (Å²) in [5.41, 5.74) is 8.66. The number of azide groups is 1. The van der Waals surface area contributed by atoms with E-state index >= 15 is 0 Å². The van der Waals surface area contributed by atoms with E-state index in [2.05, 4.69) is 15.3 Å². The second-order valence-corrected chi connectivity index (χ2v) is 3.65. The summed E-state index contributed by atoms with van der Waals surface area (Å²) in [6.45, 7) is 1.03. The lowest BCUT2D eigenvalue weighted by molar-refractivity contribution is 0.0952. The zero-order valence-electron chi connectivity index (χ0n) is 10.3. The fourth-order valence-corrected chi connectivity index (χ4v) is 1.42. The Morgan fingerprint density at radius 2 is 2.33 bits per heavy atom. The van der Waals surface area contributed by atoms with E-state index in [1.165, 1.54) is 0 Å². The Bertz CT molecular complexity index is 441. The average molecular weight is 248 g/mol. The number of carbonyl (C=O) groups is 1. The Balaban J connectivity index is 2.33. The normalized spacial score (nSPS) is 9.39. The van der Waals surface area contributed by atoms with E-state index in [0.29, 0.717) is 24.4 Å². The van der Waals surface area contributed by atoms with Crippen molar-refractivity contribution in [1.29, 1.82) is 0 Å². The summed E-state index contributed by atoms with van der Waals surface area (Å²) in [7, 11) is 1.56. The van der Waals surface area contributed by atoms with Gasteiger partial charge in [-0.25, -0.2) is 0 Å². The van der Waals surface area contributed by atoms with Crippen molar-refractivity contribution < 1.29 is 9.53 Å². The van der Waals surface area contributed by atoms with E-state index < -0.39 is 0 Å². The molecule has 18 heavy (non-hydrogen) atoms. The van der Waals surface area contributed by atoms with Crippen LogP contribution in [0, 0.1) is 0 Å². The predicted octanol–water partition coefficient (Wildman–Crippen LogP) is 2.52. The van der Waals surface area contributed by atoms with Crippen molar-refractivity contribution in [3.8, 4) is 5.75 Å². The van der Waals surface area contributed by atoms with Crippen molar-refractivity contribution >= 4 is 5.91 Å². The molecule has 0 unspecified atom stereocenters. The molecular formula is C12H16N4O2. The number of methoxy groups -OCH3 is 1. The SMILES string of the molecule is COc1cccc(C(=O)NCCCCN=[N+]=[N-])c1. The quantitative estimate of drug-likeness (QED) is 0.348. The maximum Gasteiger partial charge on any atom is 0.251 e. The zero-order chi connectivity index (χ0) is 13.2. The maximum atomic E-state index is 11.8. The summed E-state index contributed by atoms with van der Waals surface area (Å²) >= 11 is 0. The Hall–Kier alpha value is -2.20. The molecule has 6 nitrogen and oxygen atoms in total. The Kier molecular flexibility index (Phi) is 6.14. The van der Waals surface area contributed by atoms with Gasteiger partial charge in [-0.2, -0.15) is 0 Å². The first-order valence-corrected chi connectivity index (χ1v) is 5.71. The molecule has 96 valence electrons. The molecule has 0 aromatic heterocycles. The van der Waals surface area contributed by atoms with Gasteiger partial charge in [0.25, 0.3) is 5.91 Å². The largest absolute Gasteiger partial charge is 0.497 e. The molecule has 0 aliphatic rings. The average Bonchev–Trinajstić information content (AvgIpc) is 2.42. The van der Waals surface area contributed by atoms with E-state index in [1.54, 1.807) is 31.4 Å². The van der Waals surface area contributed by atoms with Gasteiger partial charge in [0.1, 0.15) is 5.75 Å². The minimum absolute atomic E-state index is 0.127. The first kappa shape index (κ1) is 13.9. The summed E-state index contributed by atoms with van der Waals surface area (Å²) in [4.78, 5) is 14.4. The molecule has 0 bridgehead atoms. The van der Waals surface area contributed by atoms with Crippen LogP contribution in [0.1, 0.15) is 23.2 Å². The molecule has 0 fully saturated rings. The number of carbonyl (C=O) groups excluding carboxylic acids is 1. The summed E-state index contributed by atoms with van der Waals surface area (Å²) in [5, 5.41) is 6.22. The third kappa shape index (κ3) is 4.76. The third-order valence-electron chi connectivity index (χ3n) is 2.37. The lowest BCUT2D eigenvalue weighted by atomic mass is 10.2. The monoisotopic (exact) mass is 248 g/mol. The van der Waals surface area contributed by atoms with Gasteiger partial charge in [0, 0.05) is 23.6 Å². The Morgan fingerprint density at radius 3 is 3.06 bits per heavy atom. The second kappa shape index (κ2) is 7.97. The highest BCUT2D eigenvalue weighted by atomic mass is 16.5. The molecule has 1 aromatic carbocycles. The number of nitrogens with zero attached hydrogens (tertiary/aromatic N) is 3. The number of rotatable bonds is 7. The van der Waals surface area contributed by atoms with E-state index in [4.69, 9.17) is 10.3 Å². The minimum Gasteiger partial charge on any atom is -0.497 e. The molecule has 1 aromatic rings. The van der Waals surface area contributed by atoms with Crippen molar-refractivity contribution in [2.24, 2.45) is 5.11 Å².